The quantitative estimate of drug-likeness (QED) is 0.844. The van der Waals surface area contributed by atoms with E-state index in [0.29, 0.717) is 18.4 Å². The lowest BCUT2D eigenvalue weighted by Gasteiger charge is -2.20. The minimum absolute atomic E-state index is 0.375. The van der Waals surface area contributed by atoms with Crippen LogP contribution in [0.15, 0.2) is 12.1 Å². The monoisotopic (exact) mass is 251 g/mol. The van der Waals surface area contributed by atoms with E-state index in [-0.39, 0.29) is 0 Å². The summed E-state index contributed by atoms with van der Waals surface area (Å²) in [4.78, 5) is 0. The van der Waals surface area contributed by atoms with Gasteiger partial charge in [0.25, 0.3) is 0 Å². The molecule has 1 atom stereocenters. The Kier molecular flexibility index (Phi) is 5.48. The molecule has 0 amide bonds. The van der Waals surface area contributed by atoms with Crippen LogP contribution in [0.5, 0.6) is 11.5 Å². The van der Waals surface area contributed by atoms with E-state index in [1.165, 1.54) is 11.1 Å². The molecule has 0 aromatic heterocycles. The molecule has 0 radical (unpaired) electrons. The fourth-order valence-electron chi connectivity index (χ4n) is 2.19. The molecule has 0 aliphatic rings. The number of ether oxygens (including phenoxy) is 2. The highest BCUT2D eigenvalue weighted by Gasteiger charge is 2.17. The summed E-state index contributed by atoms with van der Waals surface area (Å²) in [5.74, 6) is 2.65. The molecule has 0 saturated carbocycles. The maximum Gasteiger partial charge on any atom is 0.122 e. The van der Waals surface area contributed by atoms with Gasteiger partial charge in [0.1, 0.15) is 11.5 Å². The van der Waals surface area contributed by atoms with Crippen LogP contribution in [-0.2, 0) is 0 Å². The third-order valence-electron chi connectivity index (χ3n) is 3.33. The van der Waals surface area contributed by atoms with Crippen LogP contribution >= 0.6 is 0 Å². The summed E-state index contributed by atoms with van der Waals surface area (Å²) >= 11 is 0. The van der Waals surface area contributed by atoms with Crippen LogP contribution < -0.4 is 15.2 Å². The predicted octanol–water partition coefficient (Wildman–Crippen LogP) is 3.28. The van der Waals surface area contributed by atoms with Gasteiger partial charge in [0.05, 0.1) is 14.2 Å². The average Bonchev–Trinajstić information content (AvgIpc) is 2.37. The van der Waals surface area contributed by atoms with Gasteiger partial charge in [0.2, 0.25) is 0 Å². The van der Waals surface area contributed by atoms with Crippen molar-refractivity contribution in [2.24, 2.45) is 5.73 Å². The molecule has 0 fully saturated rings. The zero-order valence-corrected chi connectivity index (χ0v) is 12.1. The van der Waals surface area contributed by atoms with Crippen molar-refractivity contribution in [1.82, 2.24) is 0 Å². The van der Waals surface area contributed by atoms with Gasteiger partial charge < -0.3 is 15.2 Å². The van der Waals surface area contributed by atoms with Gasteiger partial charge in [-0.3, -0.25) is 0 Å². The summed E-state index contributed by atoms with van der Waals surface area (Å²) in [7, 11) is 3.43. The van der Waals surface area contributed by atoms with Gasteiger partial charge in [-0.1, -0.05) is 20.8 Å². The molecule has 3 nitrogen and oxygen atoms in total. The number of methoxy groups -OCH3 is 2. The van der Waals surface area contributed by atoms with E-state index < -0.39 is 0 Å². The van der Waals surface area contributed by atoms with Crippen molar-refractivity contribution in [3.63, 3.8) is 0 Å². The second-order valence-corrected chi connectivity index (χ2v) is 4.97. The molecule has 0 saturated heterocycles. The average molecular weight is 251 g/mol. The van der Waals surface area contributed by atoms with Gasteiger partial charge in [-0.05, 0) is 36.9 Å². The van der Waals surface area contributed by atoms with Gasteiger partial charge in [-0.25, -0.2) is 0 Å². The Hall–Kier alpha value is -1.22. The number of nitrogens with two attached hydrogens (primary N) is 1. The van der Waals surface area contributed by atoms with Crippen molar-refractivity contribution in [1.29, 1.82) is 0 Å². The fraction of sp³-hybridized carbons (Fsp3) is 0.600. The Bertz CT molecular complexity index is 388. The zero-order valence-electron chi connectivity index (χ0n) is 12.1. The van der Waals surface area contributed by atoms with Gasteiger partial charge in [0.15, 0.2) is 0 Å². The van der Waals surface area contributed by atoms with Crippen molar-refractivity contribution in [3.05, 3.63) is 23.3 Å². The molecule has 1 aromatic rings. The smallest absolute Gasteiger partial charge is 0.122 e. The summed E-state index contributed by atoms with van der Waals surface area (Å²) in [5.41, 5.74) is 7.98. The topological polar surface area (TPSA) is 44.5 Å². The van der Waals surface area contributed by atoms with Crippen molar-refractivity contribution in [3.8, 4) is 11.5 Å². The van der Waals surface area contributed by atoms with Crippen molar-refractivity contribution in [2.45, 2.75) is 39.0 Å². The van der Waals surface area contributed by atoms with Crippen molar-refractivity contribution in [2.75, 3.05) is 20.8 Å². The molecule has 0 aliphatic carbocycles. The van der Waals surface area contributed by atoms with E-state index in [0.717, 1.165) is 17.9 Å². The van der Waals surface area contributed by atoms with Crippen LogP contribution in [0.4, 0.5) is 0 Å². The largest absolute Gasteiger partial charge is 0.496 e. The van der Waals surface area contributed by atoms with E-state index in [2.05, 4.69) is 32.9 Å². The maximum absolute atomic E-state index is 5.63. The second kappa shape index (κ2) is 6.64. The maximum atomic E-state index is 5.63. The van der Waals surface area contributed by atoms with Crippen molar-refractivity contribution >= 4 is 0 Å². The minimum atomic E-state index is 0.375. The van der Waals surface area contributed by atoms with Crippen LogP contribution in [-0.4, -0.2) is 20.8 Å². The molecule has 1 unspecified atom stereocenters. The number of hydrogen-bond acceptors (Lipinski definition) is 3. The SMILES string of the molecule is COc1cc(C(C)CCN)c(OC)cc1C(C)C. The molecule has 1 rings (SSSR count). The summed E-state index contributed by atoms with van der Waals surface area (Å²) < 4.78 is 11.0. The molecule has 18 heavy (non-hydrogen) atoms. The summed E-state index contributed by atoms with van der Waals surface area (Å²) in [6, 6.07) is 4.18. The number of rotatable bonds is 6. The summed E-state index contributed by atoms with van der Waals surface area (Å²) in [5, 5.41) is 0. The Balaban J connectivity index is 3.25. The van der Waals surface area contributed by atoms with E-state index in [9.17, 15) is 0 Å². The highest BCUT2D eigenvalue weighted by atomic mass is 16.5. The van der Waals surface area contributed by atoms with Crippen molar-refractivity contribution < 1.29 is 9.47 Å². The first-order chi connectivity index (χ1) is 8.54. The fourth-order valence-corrected chi connectivity index (χ4v) is 2.19. The second-order valence-electron chi connectivity index (χ2n) is 4.97. The highest BCUT2D eigenvalue weighted by molar-refractivity contribution is 5.49. The molecular weight excluding hydrogens is 226 g/mol. The van der Waals surface area contributed by atoms with E-state index in [1.807, 2.05) is 0 Å². The molecule has 0 bridgehead atoms. The number of benzene rings is 1. The molecular formula is C15H25NO2. The normalized spacial score (nSPS) is 12.6. The molecule has 1 aromatic carbocycles. The lowest BCUT2D eigenvalue weighted by molar-refractivity contribution is 0.390. The van der Waals surface area contributed by atoms with Crippen LogP contribution in [0.25, 0.3) is 0 Å². The van der Waals surface area contributed by atoms with Crippen LogP contribution in [0, 0.1) is 0 Å². The molecule has 0 spiro atoms. The van der Waals surface area contributed by atoms with Gasteiger partial charge >= 0.3 is 0 Å². The summed E-state index contributed by atoms with van der Waals surface area (Å²) in [6.07, 6.45) is 0.945. The Labute approximate surface area is 110 Å². The molecule has 102 valence electrons. The zero-order chi connectivity index (χ0) is 13.7. The van der Waals surface area contributed by atoms with E-state index in [1.54, 1.807) is 14.2 Å². The lowest BCUT2D eigenvalue weighted by atomic mass is 9.92. The van der Waals surface area contributed by atoms with E-state index in [4.69, 9.17) is 15.2 Å². The van der Waals surface area contributed by atoms with E-state index >= 15 is 0 Å². The Morgan fingerprint density at radius 3 is 1.94 bits per heavy atom. The van der Waals surface area contributed by atoms with Crippen LogP contribution in [0.1, 0.15) is 50.2 Å². The highest BCUT2D eigenvalue weighted by Crippen LogP contribution is 2.37. The van der Waals surface area contributed by atoms with Gasteiger partial charge in [-0.15, -0.1) is 0 Å². The first-order valence-corrected chi connectivity index (χ1v) is 6.51. The Morgan fingerprint density at radius 2 is 1.50 bits per heavy atom. The van der Waals surface area contributed by atoms with Crippen LogP contribution in [0.3, 0.4) is 0 Å². The molecule has 0 heterocycles. The molecule has 2 N–H and O–H groups in total. The summed E-state index contributed by atoms with van der Waals surface area (Å²) in [6.45, 7) is 7.15. The Morgan fingerprint density at radius 1 is 1.00 bits per heavy atom. The standard InChI is InChI=1S/C15H25NO2/c1-10(2)12-8-15(18-5)13(9-14(12)17-4)11(3)6-7-16/h8-11H,6-7,16H2,1-5H3. The molecule has 0 aliphatic heterocycles. The first-order valence-electron chi connectivity index (χ1n) is 6.51. The minimum Gasteiger partial charge on any atom is -0.496 e. The van der Waals surface area contributed by atoms with Crippen LogP contribution in [0.2, 0.25) is 0 Å². The number of hydrogen-bond donors (Lipinski definition) is 1. The lowest BCUT2D eigenvalue weighted by Crippen LogP contribution is -2.07. The molecule has 3 heteroatoms. The van der Waals surface area contributed by atoms with Gasteiger partial charge in [-0.2, -0.15) is 0 Å². The predicted molar refractivity (Wildman–Crippen MR) is 75.7 cm³/mol. The third kappa shape index (κ3) is 3.16. The third-order valence-corrected chi connectivity index (χ3v) is 3.33. The first kappa shape index (κ1) is 14.8. The van der Waals surface area contributed by atoms with Gasteiger partial charge in [0, 0.05) is 11.1 Å².